The van der Waals surface area contributed by atoms with Gasteiger partial charge in [0, 0.05) is 12.2 Å². The number of rotatable bonds is 3. The molecule has 0 unspecified atom stereocenters. The number of fused-ring (bicyclic) bond motifs is 1. The number of halogens is 2. The number of anilines is 2. The molecule has 0 amide bonds. The van der Waals surface area contributed by atoms with E-state index in [2.05, 4.69) is 26.0 Å². The van der Waals surface area contributed by atoms with E-state index in [-0.39, 0.29) is 9.37 Å². The zero-order valence-corrected chi connectivity index (χ0v) is 13.3. The Morgan fingerprint density at radius 1 is 1.19 bits per heavy atom. The molecule has 0 spiro atoms. The highest BCUT2D eigenvalue weighted by Gasteiger charge is 2.18. The highest BCUT2D eigenvalue weighted by atomic mass is 79.9. The monoisotopic (exact) mass is 370 g/mol. The van der Waals surface area contributed by atoms with Crippen molar-refractivity contribution in [2.75, 3.05) is 16.6 Å². The van der Waals surface area contributed by atoms with Gasteiger partial charge in [0.2, 0.25) is 0 Å². The zero-order valence-electron chi connectivity index (χ0n) is 10.9. The lowest BCUT2D eigenvalue weighted by Crippen LogP contribution is -2.13. The van der Waals surface area contributed by atoms with Gasteiger partial charge in [-0.1, -0.05) is 6.07 Å². The van der Waals surface area contributed by atoms with Gasteiger partial charge in [0.1, 0.15) is 5.82 Å². The number of hydrogen-bond acceptors (Lipinski definition) is 3. The van der Waals surface area contributed by atoms with Crippen molar-refractivity contribution in [3.05, 3.63) is 52.3 Å². The van der Waals surface area contributed by atoms with Crippen molar-refractivity contribution in [2.45, 2.75) is 11.3 Å². The van der Waals surface area contributed by atoms with Crippen molar-refractivity contribution in [3.63, 3.8) is 0 Å². The molecule has 4 nitrogen and oxygen atoms in total. The van der Waals surface area contributed by atoms with Gasteiger partial charge in [0.25, 0.3) is 10.0 Å². The van der Waals surface area contributed by atoms with E-state index in [0.29, 0.717) is 5.69 Å². The van der Waals surface area contributed by atoms with Crippen LogP contribution in [0.15, 0.2) is 45.8 Å². The van der Waals surface area contributed by atoms with Crippen LogP contribution in [0.2, 0.25) is 0 Å². The average Bonchev–Trinajstić information content (AvgIpc) is 2.90. The molecule has 1 heterocycles. The average molecular weight is 371 g/mol. The molecule has 0 aromatic heterocycles. The van der Waals surface area contributed by atoms with Crippen LogP contribution in [0.5, 0.6) is 0 Å². The van der Waals surface area contributed by atoms with Crippen LogP contribution in [0.1, 0.15) is 5.56 Å². The van der Waals surface area contributed by atoms with E-state index >= 15 is 0 Å². The third kappa shape index (κ3) is 2.89. The minimum atomic E-state index is -3.70. The summed E-state index contributed by atoms with van der Waals surface area (Å²) >= 11 is 3.03. The summed E-state index contributed by atoms with van der Waals surface area (Å²) in [7, 11) is -3.70. The second-order valence-electron chi connectivity index (χ2n) is 4.73. The molecule has 3 rings (SSSR count). The van der Waals surface area contributed by atoms with Crippen molar-refractivity contribution in [3.8, 4) is 0 Å². The van der Waals surface area contributed by atoms with Gasteiger partial charge in [-0.05, 0) is 58.2 Å². The molecule has 0 bridgehead atoms. The fraction of sp³-hybridized carbons (Fsp3) is 0.143. The van der Waals surface area contributed by atoms with Crippen LogP contribution >= 0.6 is 15.9 Å². The van der Waals surface area contributed by atoms with Crippen LogP contribution < -0.4 is 10.0 Å². The first kappa shape index (κ1) is 14.3. The van der Waals surface area contributed by atoms with E-state index in [0.717, 1.165) is 24.2 Å². The van der Waals surface area contributed by atoms with Gasteiger partial charge in [0.05, 0.1) is 15.1 Å². The fourth-order valence-electron chi connectivity index (χ4n) is 2.21. The lowest BCUT2D eigenvalue weighted by atomic mass is 10.2. The number of hydrogen-bond donors (Lipinski definition) is 2. The molecule has 1 aliphatic heterocycles. The van der Waals surface area contributed by atoms with Crippen molar-refractivity contribution >= 4 is 37.3 Å². The molecule has 0 saturated heterocycles. The smallest absolute Gasteiger partial charge is 0.261 e. The van der Waals surface area contributed by atoms with E-state index in [1.165, 1.54) is 18.2 Å². The van der Waals surface area contributed by atoms with Gasteiger partial charge in [0.15, 0.2) is 0 Å². The fourth-order valence-corrected chi connectivity index (χ4v) is 3.66. The third-order valence-corrected chi connectivity index (χ3v) is 5.26. The Bertz CT molecular complexity index is 809. The summed E-state index contributed by atoms with van der Waals surface area (Å²) in [5, 5.41) is 3.14. The normalized spacial score (nSPS) is 13.6. The summed E-state index contributed by atoms with van der Waals surface area (Å²) in [6.07, 6.45) is 0.897. The Morgan fingerprint density at radius 3 is 2.76 bits per heavy atom. The summed E-state index contributed by atoms with van der Waals surface area (Å²) in [6.45, 7) is 0.817. The Balaban J connectivity index is 1.91. The Morgan fingerprint density at radius 2 is 2.00 bits per heavy atom. The van der Waals surface area contributed by atoms with E-state index in [4.69, 9.17) is 0 Å². The van der Waals surface area contributed by atoms with Gasteiger partial charge in [-0.15, -0.1) is 0 Å². The van der Waals surface area contributed by atoms with Crippen LogP contribution in [-0.4, -0.2) is 15.0 Å². The van der Waals surface area contributed by atoms with E-state index < -0.39 is 15.8 Å². The van der Waals surface area contributed by atoms with Gasteiger partial charge in [-0.2, -0.15) is 0 Å². The Hall–Kier alpha value is -1.60. The summed E-state index contributed by atoms with van der Waals surface area (Å²) in [4.78, 5) is 0.177. The van der Waals surface area contributed by atoms with E-state index in [1.807, 2.05) is 6.07 Å². The van der Waals surface area contributed by atoms with Crippen LogP contribution in [0, 0.1) is 5.82 Å². The minimum Gasteiger partial charge on any atom is -0.384 e. The molecule has 2 aromatic rings. The molecule has 0 saturated carbocycles. The van der Waals surface area contributed by atoms with Gasteiger partial charge in [-0.3, -0.25) is 4.72 Å². The summed E-state index contributed by atoms with van der Waals surface area (Å²) < 4.78 is 40.5. The first-order valence-electron chi connectivity index (χ1n) is 6.30. The van der Waals surface area contributed by atoms with Gasteiger partial charge >= 0.3 is 0 Å². The number of benzene rings is 2. The predicted octanol–water partition coefficient (Wildman–Crippen LogP) is 3.36. The maximum absolute atomic E-state index is 13.2. The first-order chi connectivity index (χ1) is 9.95. The Labute approximate surface area is 130 Å². The third-order valence-electron chi connectivity index (χ3n) is 3.27. The number of nitrogens with one attached hydrogen (secondary N) is 2. The van der Waals surface area contributed by atoms with Crippen molar-refractivity contribution in [2.24, 2.45) is 0 Å². The standard InChI is InChI=1S/C14H12BrFN2O2S/c15-12-7-10(2-4-13(12)16)18-21(19,20)11-3-1-9-5-6-17-14(9)8-11/h1-4,7-8,17-18H,5-6H2. The first-order valence-corrected chi connectivity index (χ1v) is 8.58. The minimum absolute atomic E-state index is 0.177. The summed E-state index contributed by atoms with van der Waals surface area (Å²) in [5.41, 5.74) is 2.26. The molecule has 0 atom stereocenters. The molecular formula is C14H12BrFN2O2S. The molecule has 2 N–H and O–H groups in total. The molecule has 0 aliphatic carbocycles. The highest BCUT2D eigenvalue weighted by molar-refractivity contribution is 9.10. The number of sulfonamides is 1. The van der Waals surface area contributed by atoms with E-state index in [9.17, 15) is 12.8 Å². The van der Waals surface area contributed by atoms with Crippen molar-refractivity contribution in [1.29, 1.82) is 0 Å². The summed E-state index contributed by atoms with van der Waals surface area (Å²) in [5.74, 6) is -0.445. The van der Waals surface area contributed by atoms with Crippen LogP contribution in [0.25, 0.3) is 0 Å². The maximum atomic E-state index is 13.2. The van der Waals surface area contributed by atoms with Crippen LogP contribution in [0.3, 0.4) is 0 Å². The quantitative estimate of drug-likeness (QED) is 0.870. The van der Waals surface area contributed by atoms with Gasteiger partial charge < -0.3 is 5.32 Å². The van der Waals surface area contributed by atoms with Crippen molar-refractivity contribution < 1.29 is 12.8 Å². The van der Waals surface area contributed by atoms with Crippen LogP contribution in [0.4, 0.5) is 15.8 Å². The topological polar surface area (TPSA) is 58.2 Å². The SMILES string of the molecule is O=S(=O)(Nc1ccc(F)c(Br)c1)c1ccc2c(c1)NCC2. The molecule has 0 fully saturated rings. The molecule has 1 aliphatic rings. The van der Waals surface area contributed by atoms with Gasteiger partial charge in [-0.25, -0.2) is 12.8 Å². The van der Waals surface area contributed by atoms with E-state index in [1.54, 1.807) is 12.1 Å². The summed E-state index contributed by atoms with van der Waals surface area (Å²) in [6, 6.07) is 8.97. The predicted molar refractivity (Wildman–Crippen MR) is 83.5 cm³/mol. The highest BCUT2D eigenvalue weighted by Crippen LogP contribution is 2.27. The maximum Gasteiger partial charge on any atom is 0.261 e. The molecule has 110 valence electrons. The lowest BCUT2D eigenvalue weighted by molar-refractivity contribution is 0.601. The van der Waals surface area contributed by atoms with Crippen LogP contribution in [-0.2, 0) is 16.4 Å². The largest absolute Gasteiger partial charge is 0.384 e. The Kier molecular flexibility index (Phi) is 3.62. The molecule has 0 radical (unpaired) electrons. The molecule has 2 aromatic carbocycles. The van der Waals surface area contributed by atoms with Crippen molar-refractivity contribution in [1.82, 2.24) is 0 Å². The second kappa shape index (κ2) is 5.31. The molecule has 7 heteroatoms. The second-order valence-corrected chi connectivity index (χ2v) is 7.27. The lowest BCUT2D eigenvalue weighted by Gasteiger charge is -2.10. The molecular weight excluding hydrogens is 359 g/mol. The molecule has 21 heavy (non-hydrogen) atoms. The zero-order chi connectivity index (χ0) is 15.0.